The molecule has 0 saturated carbocycles. The van der Waals surface area contributed by atoms with Crippen LogP contribution >= 0.6 is 0 Å². The molecule has 128 valence electrons. The highest BCUT2D eigenvalue weighted by Crippen LogP contribution is 2.44. The van der Waals surface area contributed by atoms with Crippen molar-refractivity contribution in [3.63, 3.8) is 0 Å². The number of nitrogens with zero attached hydrogens (tertiary/aromatic N) is 1. The smallest absolute Gasteiger partial charge is 0.167 e. The first-order chi connectivity index (χ1) is 11.5. The van der Waals surface area contributed by atoms with Gasteiger partial charge in [-0.15, -0.1) is 0 Å². The third-order valence-electron chi connectivity index (χ3n) is 5.21. The summed E-state index contributed by atoms with van der Waals surface area (Å²) in [6.45, 7) is 1.06. The molecule has 4 heteroatoms. The fourth-order valence-electron chi connectivity index (χ4n) is 3.63. The van der Waals surface area contributed by atoms with E-state index in [1.165, 1.54) is 11.1 Å². The predicted octanol–water partition coefficient (Wildman–Crippen LogP) is 3.33. The summed E-state index contributed by atoms with van der Waals surface area (Å²) in [6.07, 6.45) is 1.84. The maximum atomic E-state index is 10.7. The highest BCUT2D eigenvalue weighted by atomic mass is 16.5. The first kappa shape index (κ1) is 16.7. The number of hydrogen-bond donors (Lipinski definition) is 1. The van der Waals surface area contributed by atoms with Gasteiger partial charge in [0.05, 0.1) is 40.4 Å². The molecule has 24 heavy (non-hydrogen) atoms. The standard InChI is InChI=1S/C20H25NO3/c1-21(2)12-11-15-7-10-18(24-4)20(22)19(15)17(21)13-14-5-8-16(23-3)9-6-14/h5-10,17H,11-13H2,1-4H3/p+1. The van der Waals surface area contributed by atoms with E-state index < -0.39 is 0 Å². The Kier molecular flexibility index (Phi) is 4.41. The second kappa shape index (κ2) is 6.36. The molecule has 3 rings (SSSR count). The average Bonchev–Trinajstić information content (AvgIpc) is 2.58. The molecule has 1 atom stereocenters. The van der Waals surface area contributed by atoms with Crippen molar-refractivity contribution in [1.82, 2.24) is 0 Å². The van der Waals surface area contributed by atoms with E-state index in [1.807, 2.05) is 18.2 Å². The number of phenols is 1. The van der Waals surface area contributed by atoms with E-state index in [2.05, 4.69) is 32.3 Å². The van der Waals surface area contributed by atoms with Crippen LogP contribution in [0.3, 0.4) is 0 Å². The molecule has 0 aliphatic carbocycles. The van der Waals surface area contributed by atoms with E-state index in [9.17, 15) is 5.11 Å². The maximum absolute atomic E-state index is 10.7. The Labute approximate surface area is 143 Å². The van der Waals surface area contributed by atoms with Crippen LogP contribution in [0.2, 0.25) is 0 Å². The van der Waals surface area contributed by atoms with Crippen molar-refractivity contribution in [2.24, 2.45) is 0 Å². The summed E-state index contributed by atoms with van der Waals surface area (Å²) in [6, 6.07) is 12.3. The maximum Gasteiger partial charge on any atom is 0.167 e. The molecule has 0 aromatic heterocycles. The molecule has 4 nitrogen and oxygen atoms in total. The minimum atomic E-state index is 0.192. The Morgan fingerprint density at radius 2 is 1.75 bits per heavy atom. The number of methoxy groups -OCH3 is 2. The van der Waals surface area contributed by atoms with E-state index in [1.54, 1.807) is 14.2 Å². The van der Waals surface area contributed by atoms with Gasteiger partial charge >= 0.3 is 0 Å². The van der Waals surface area contributed by atoms with Gasteiger partial charge in [0, 0.05) is 12.8 Å². The van der Waals surface area contributed by atoms with Gasteiger partial charge in [0.15, 0.2) is 11.5 Å². The van der Waals surface area contributed by atoms with E-state index >= 15 is 0 Å². The second-order valence-corrected chi connectivity index (χ2v) is 7.01. The van der Waals surface area contributed by atoms with Gasteiger partial charge in [-0.25, -0.2) is 0 Å². The summed E-state index contributed by atoms with van der Waals surface area (Å²) in [5, 5.41) is 10.7. The molecule has 2 aromatic carbocycles. The quantitative estimate of drug-likeness (QED) is 0.875. The van der Waals surface area contributed by atoms with Crippen molar-refractivity contribution in [2.45, 2.75) is 18.9 Å². The van der Waals surface area contributed by atoms with Crippen molar-refractivity contribution in [2.75, 3.05) is 34.9 Å². The van der Waals surface area contributed by atoms with E-state index in [0.29, 0.717) is 11.5 Å². The van der Waals surface area contributed by atoms with Crippen molar-refractivity contribution < 1.29 is 19.1 Å². The van der Waals surface area contributed by atoms with Crippen LogP contribution < -0.4 is 9.47 Å². The molecule has 0 radical (unpaired) electrons. The number of hydrogen-bond acceptors (Lipinski definition) is 3. The molecule has 0 amide bonds. The van der Waals surface area contributed by atoms with Crippen molar-refractivity contribution in [3.05, 3.63) is 53.1 Å². The molecular weight excluding hydrogens is 302 g/mol. The zero-order chi connectivity index (χ0) is 17.3. The topological polar surface area (TPSA) is 38.7 Å². The fraction of sp³-hybridized carbons (Fsp3) is 0.400. The van der Waals surface area contributed by atoms with Crippen LogP contribution in [0, 0.1) is 0 Å². The van der Waals surface area contributed by atoms with Crippen LogP contribution in [0.4, 0.5) is 0 Å². The summed E-state index contributed by atoms with van der Waals surface area (Å²) in [4.78, 5) is 0. The minimum Gasteiger partial charge on any atom is -0.504 e. The summed E-state index contributed by atoms with van der Waals surface area (Å²) in [5.74, 6) is 1.70. The van der Waals surface area contributed by atoms with Gasteiger partial charge in [-0.05, 0) is 29.3 Å². The SMILES string of the molecule is COc1ccc(CC2c3c(ccc(OC)c3O)CC[N+]2(C)C)cc1. The lowest BCUT2D eigenvalue weighted by molar-refractivity contribution is -0.923. The number of quaternary nitrogens is 1. The zero-order valence-electron chi connectivity index (χ0n) is 14.9. The minimum absolute atomic E-state index is 0.192. The lowest BCUT2D eigenvalue weighted by atomic mass is 9.86. The molecule has 0 saturated heterocycles. The molecule has 1 heterocycles. The number of phenolic OH excluding ortho intramolecular Hbond substituents is 1. The normalized spacial score (nSPS) is 18.8. The third-order valence-corrected chi connectivity index (χ3v) is 5.21. The van der Waals surface area contributed by atoms with Crippen LogP contribution in [0.1, 0.15) is 22.7 Å². The predicted molar refractivity (Wildman–Crippen MR) is 94.8 cm³/mol. The van der Waals surface area contributed by atoms with E-state index in [4.69, 9.17) is 9.47 Å². The van der Waals surface area contributed by atoms with E-state index in [0.717, 1.165) is 35.2 Å². The third kappa shape index (κ3) is 2.94. The molecule has 0 spiro atoms. The molecule has 1 aliphatic rings. The second-order valence-electron chi connectivity index (χ2n) is 7.01. The number of ether oxygens (including phenoxy) is 2. The molecule has 1 aliphatic heterocycles. The number of fused-ring (bicyclic) bond motifs is 1. The summed E-state index contributed by atoms with van der Waals surface area (Å²) >= 11 is 0. The number of aromatic hydroxyl groups is 1. The number of benzene rings is 2. The molecule has 0 fully saturated rings. The van der Waals surface area contributed by atoms with Gasteiger partial charge in [0.1, 0.15) is 11.8 Å². The first-order valence-electron chi connectivity index (χ1n) is 8.30. The highest BCUT2D eigenvalue weighted by Gasteiger charge is 2.38. The van der Waals surface area contributed by atoms with Gasteiger partial charge < -0.3 is 19.1 Å². The molecule has 0 bridgehead atoms. The molecular formula is C20H26NO3+. The van der Waals surface area contributed by atoms with Crippen LogP contribution in [0.5, 0.6) is 17.2 Å². The molecule has 2 aromatic rings. The Morgan fingerprint density at radius 3 is 2.38 bits per heavy atom. The number of likely N-dealkylation sites (N-methyl/N-ethyl adjacent to an activating group) is 1. The fourth-order valence-corrected chi connectivity index (χ4v) is 3.63. The van der Waals surface area contributed by atoms with Gasteiger partial charge in [0.2, 0.25) is 0 Å². The zero-order valence-corrected chi connectivity index (χ0v) is 14.9. The Morgan fingerprint density at radius 1 is 1.04 bits per heavy atom. The number of rotatable bonds is 4. The van der Waals surface area contributed by atoms with Gasteiger partial charge in [-0.3, -0.25) is 0 Å². The molecule has 1 unspecified atom stereocenters. The molecule has 1 N–H and O–H groups in total. The van der Waals surface area contributed by atoms with Gasteiger partial charge in [-0.2, -0.15) is 0 Å². The van der Waals surface area contributed by atoms with Crippen LogP contribution in [-0.4, -0.2) is 44.4 Å². The lowest BCUT2D eigenvalue weighted by Gasteiger charge is -2.43. The van der Waals surface area contributed by atoms with Gasteiger partial charge in [-0.1, -0.05) is 18.2 Å². The largest absolute Gasteiger partial charge is 0.504 e. The Hall–Kier alpha value is -2.20. The van der Waals surface area contributed by atoms with Crippen LogP contribution in [0.25, 0.3) is 0 Å². The van der Waals surface area contributed by atoms with Gasteiger partial charge in [0.25, 0.3) is 0 Å². The van der Waals surface area contributed by atoms with Crippen molar-refractivity contribution in [1.29, 1.82) is 0 Å². The van der Waals surface area contributed by atoms with Crippen molar-refractivity contribution >= 4 is 0 Å². The van der Waals surface area contributed by atoms with Crippen LogP contribution in [-0.2, 0) is 12.8 Å². The van der Waals surface area contributed by atoms with E-state index in [-0.39, 0.29) is 6.04 Å². The Balaban J connectivity index is 2.01. The monoisotopic (exact) mass is 328 g/mol. The summed E-state index contributed by atoms with van der Waals surface area (Å²) < 4.78 is 11.4. The lowest BCUT2D eigenvalue weighted by Crippen LogP contribution is -2.48. The average molecular weight is 328 g/mol. The Bertz CT molecular complexity index is 722. The summed E-state index contributed by atoms with van der Waals surface area (Å²) in [5.41, 5.74) is 3.49. The highest BCUT2D eigenvalue weighted by molar-refractivity contribution is 5.52. The summed E-state index contributed by atoms with van der Waals surface area (Å²) in [7, 11) is 7.74. The van der Waals surface area contributed by atoms with Crippen LogP contribution in [0.15, 0.2) is 36.4 Å². The first-order valence-corrected chi connectivity index (χ1v) is 8.30. The van der Waals surface area contributed by atoms with Crippen molar-refractivity contribution in [3.8, 4) is 17.2 Å².